The number of hydrogen-bond donors (Lipinski definition) is 2. The molecule has 20 heavy (non-hydrogen) atoms. The topological polar surface area (TPSA) is 97.2 Å². The number of carbonyl (C=O) groups excluding carboxylic acids is 1. The molecule has 0 aliphatic carbocycles. The summed E-state index contributed by atoms with van der Waals surface area (Å²) < 4.78 is 0. The Morgan fingerprint density at radius 3 is 2.60 bits per heavy atom. The van der Waals surface area contributed by atoms with Crippen molar-refractivity contribution in [1.82, 2.24) is 10.3 Å². The molecule has 0 bridgehead atoms. The maximum Gasteiger partial charge on any atom is 0.288 e. The first-order valence-corrected chi connectivity index (χ1v) is 6.35. The summed E-state index contributed by atoms with van der Waals surface area (Å²) in [6.07, 6.45) is 1.94. The third-order valence-electron chi connectivity index (χ3n) is 2.73. The Kier molecular flexibility index (Phi) is 5.01. The molecule has 7 heteroatoms. The minimum absolute atomic E-state index is 0.111. The molecule has 0 aliphatic rings. The average Bonchev–Trinajstić information content (AvgIpc) is 2.36. The van der Waals surface area contributed by atoms with E-state index in [-0.39, 0.29) is 22.6 Å². The van der Waals surface area contributed by atoms with Gasteiger partial charge >= 0.3 is 0 Å². The number of nitrogens with one attached hydrogen (secondary N) is 2. The summed E-state index contributed by atoms with van der Waals surface area (Å²) >= 11 is 0. The fourth-order valence-electron chi connectivity index (χ4n) is 1.57. The standard InChI is InChI=1S/C13H20N4O3/c1-13(2,3)5-6-15-12(18)10-7-9(17(19)20)8-16-11(10)14-4/h7-8H,5-6H2,1-4H3,(H,14,16)(H,15,18). The minimum atomic E-state index is -0.571. The maximum atomic E-state index is 12.1. The first kappa shape index (κ1) is 15.9. The van der Waals surface area contributed by atoms with Crippen molar-refractivity contribution in [3.63, 3.8) is 0 Å². The molecular weight excluding hydrogens is 260 g/mol. The van der Waals surface area contributed by atoms with E-state index in [9.17, 15) is 14.9 Å². The largest absolute Gasteiger partial charge is 0.372 e. The van der Waals surface area contributed by atoms with Crippen LogP contribution in [0.3, 0.4) is 0 Å². The van der Waals surface area contributed by atoms with Crippen LogP contribution in [0, 0.1) is 15.5 Å². The van der Waals surface area contributed by atoms with Crippen molar-refractivity contribution in [3.8, 4) is 0 Å². The SMILES string of the molecule is CNc1ncc([N+](=O)[O-])cc1C(=O)NCCC(C)(C)C. The smallest absolute Gasteiger partial charge is 0.288 e. The van der Waals surface area contributed by atoms with Gasteiger partial charge in [-0.2, -0.15) is 0 Å². The summed E-state index contributed by atoms with van der Waals surface area (Å²) in [5, 5.41) is 16.2. The highest BCUT2D eigenvalue weighted by Gasteiger charge is 2.18. The Labute approximate surface area is 117 Å². The molecule has 110 valence electrons. The molecule has 0 spiro atoms. The molecule has 2 N–H and O–H groups in total. The fourth-order valence-corrected chi connectivity index (χ4v) is 1.57. The van der Waals surface area contributed by atoms with Gasteiger partial charge in [0.2, 0.25) is 0 Å². The van der Waals surface area contributed by atoms with E-state index < -0.39 is 4.92 Å². The van der Waals surface area contributed by atoms with Crippen LogP contribution in [0.1, 0.15) is 37.6 Å². The lowest BCUT2D eigenvalue weighted by Gasteiger charge is -2.18. The average molecular weight is 280 g/mol. The number of nitrogens with zero attached hydrogens (tertiary/aromatic N) is 2. The summed E-state index contributed by atoms with van der Waals surface area (Å²) in [5.41, 5.74) is 0.0839. The van der Waals surface area contributed by atoms with Crippen molar-refractivity contribution in [2.45, 2.75) is 27.2 Å². The first-order chi connectivity index (χ1) is 9.24. The Morgan fingerprint density at radius 2 is 2.10 bits per heavy atom. The number of amides is 1. The zero-order chi connectivity index (χ0) is 15.3. The summed E-state index contributed by atoms with van der Waals surface area (Å²) in [6, 6.07) is 1.23. The highest BCUT2D eigenvalue weighted by molar-refractivity contribution is 5.99. The van der Waals surface area contributed by atoms with Gasteiger partial charge in [-0.15, -0.1) is 0 Å². The third kappa shape index (κ3) is 4.49. The van der Waals surface area contributed by atoms with Gasteiger partial charge in [-0.25, -0.2) is 4.98 Å². The van der Waals surface area contributed by atoms with Crippen molar-refractivity contribution in [2.75, 3.05) is 18.9 Å². The molecule has 7 nitrogen and oxygen atoms in total. The molecule has 1 amide bonds. The Balaban J connectivity index is 2.85. The Bertz CT molecular complexity index is 509. The monoisotopic (exact) mass is 280 g/mol. The number of aromatic nitrogens is 1. The van der Waals surface area contributed by atoms with Gasteiger partial charge in [0.05, 0.1) is 10.5 Å². The van der Waals surface area contributed by atoms with Crippen LogP contribution in [0.15, 0.2) is 12.3 Å². The van der Waals surface area contributed by atoms with Crippen LogP contribution in [-0.4, -0.2) is 29.4 Å². The van der Waals surface area contributed by atoms with Crippen molar-refractivity contribution >= 4 is 17.4 Å². The van der Waals surface area contributed by atoms with Gasteiger partial charge in [-0.3, -0.25) is 14.9 Å². The van der Waals surface area contributed by atoms with Crippen molar-refractivity contribution in [3.05, 3.63) is 27.9 Å². The highest BCUT2D eigenvalue weighted by Crippen LogP contribution is 2.20. The van der Waals surface area contributed by atoms with E-state index in [0.717, 1.165) is 12.6 Å². The molecule has 1 aromatic heterocycles. The molecule has 1 heterocycles. The second-order valence-corrected chi connectivity index (χ2v) is 5.66. The number of rotatable bonds is 5. The van der Waals surface area contributed by atoms with Crippen molar-refractivity contribution in [1.29, 1.82) is 0 Å². The zero-order valence-corrected chi connectivity index (χ0v) is 12.2. The number of carbonyl (C=O) groups is 1. The van der Waals surface area contributed by atoms with Crippen molar-refractivity contribution < 1.29 is 9.72 Å². The van der Waals surface area contributed by atoms with Crippen LogP contribution in [0.2, 0.25) is 0 Å². The molecular formula is C13H20N4O3. The lowest BCUT2D eigenvalue weighted by molar-refractivity contribution is -0.385. The summed E-state index contributed by atoms with van der Waals surface area (Å²) in [5.74, 6) is -0.0429. The van der Waals surface area contributed by atoms with E-state index in [1.54, 1.807) is 7.05 Å². The summed E-state index contributed by atoms with van der Waals surface area (Å²) in [7, 11) is 1.61. The van der Waals surface area contributed by atoms with Crippen LogP contribution >= 0.6 is 0 Å². The van der Waals surface area contributed by atoms with Crippen LogP contribution in [-0.2, 0) is 0 Å². The van der Waals surface area contributed by atoms with E-state index in [0.29, 0.717) is 12.4 Å². The Morgan fingerprint density at radius 1 is 1.45 bits per heavy atom. The third-order valence-corrected chi connectivity index (χ3v) is 2.73. The normalized spacial score (nSPS) is 11.0. The maximum absolute atomic E-state index is 12.1. The van der Waals surface area contributed by atoms with Gasteiger partial charge in [-0.05, 0) is 11.8 Å². The van der Waals surface area contributed by atoms with Crippen LogP contribution in [0.4, 0.5) is 11.5 Å². The second-order valence-electron chi connectivity index (χ2n) is 5.66. The van der Waals surface area contributed by atoms with E-state index in [1.165, 1.54) is 6.07 Å². The van der Waals surface area contributed by atoms with Crippen LogP contribution in [0.5, 0.6) is 0 Å². The molecule has 1 aromatic rings. The van der Waals surface area contributed by atoms with Crippen molar-refractivity contribution in [2.24, 2.45) is 5.41 Å². The van der Waals surface area contributed by atoms with E-state index in [1.807, 2.05) is 0 Å². The fraction of sp³-hybridized carbons (Fsp3) is 0.538. The quantitative estimate of drug-likeness (QED) is 0.636. The predicted octanol–water partition coefficient (Wildman–Crippen LogP) is 2.20. The van der Waals surface area contributed by atoms with Gasteiger partial charge in [0.1, 0.15) is 12.0 Å². The molecule has 0 unspecified atom stereocenters. The van der Waals surface area contributed by atoms with Gasteiger partial charge in [0.25, 0.3) is 11.6 Å². The lowest BCUT2D eigenvalue weighted by Crippen LogP contribution is -2.28. The molecule has 0 aliphatic heterocycles. The van der Waals surface area contributed by atoms with Crippen LogP contribution < -0.4 is 10.6 Å². The number of nitro groups is 1. The summed E-state index contributed by atoms with van der Waals surface area (Å²) in [6.45, 7) is 6.74. The van der Waals surface area contributed by atoms with E-state index in [2.05, 4.69) is 36.4 Å². The minimum Gasteiger partial charge on any atom is -0.372 e. The second kappa shape index (κ2) is 6.31. The zero-order valence-electron chi connectivity index (χ0n) is 12.2. The van der Waals surface area contributed by atoms with Gasteiger partial charge < -0.3 is 10.6 Å². The molecule has 0 fully saturated rings. The molecule has 0 atom stereocenters. The molecule has 0 aromatic carbocycles. The molecule has 0 saturated carbocycles. The molecule has 0 saturated heterocycles. The Hall–Kier alpha value is -2.18. The molecule has 0 radical (unpaired) electrons. The number of pyridine rings is 1. The predicted molar refractivity (Wildman–Crippen MR) is 76.8 cm³/mol. The van der Waals surface area contributed by atoms with E-state index in [4.69, 9.17) is 0 Å². The van der Waals surface area contributed by atoms with E-state index >= 15 is 0 Å². The number of anilines is 1. The number of hydrogen-bond acceptors (Lipinski definition) is 5. The van der Waals surface area contributed by atoms with Gasteiger partial charge in [-0.1, -0.05) is 20.8 Å². The first-order valence-electron chi connectivity index (χ1n) is 6.35. The molecule has 1 rings (SSSR count). The van der Waals surface area contributed by atoms with Gasteiger partial charge in [0.15, 0.2) is 0 Å². The highest BCUT2D eigenvalue weighted by atomic mass is 16.6. The lowest BCUT2D eigenvalue weighted by atomic mass is 9.92. The summed E-state index contributed by atoms with van der Waals surface area (Å²) in [4.78, 5) is 26.1. The van der Waals surface area contributed by atoms with Crippen LogP contribution in [0.25, 0.3) is 0 Å². The van der Waals surface area contributed by atoms with Gasteiger partial charge in [0, 0.05) is 19.7 Å².